The van der Waals surface area contributed by atoms with Crippen LogP contribution in [0.4, 0.5) is 5.82 Å². The fourth-order valence-corrected chi connectivity index (χ4v) is 3.98. The molecule has 3 aromatic rings. The van der Waals surface area contributed by atoms with Crippen LogP contribution in [-0.2, 0) is 5.75 Å². The third kappa shape index (κ3) is 5.39. The maximum Gasteiger partial charge on any atom is 0.269 e. The number of amides is 1. The quantitative estimate of drug-likeness (QED) is 0.429. The van der Waals surface area contributed by atoms with E-state index in [1.807, 2.05) is 6.07 Å². The van der Waals surface area contributed by atoms with Gasteiger partial charge in [-0.25, -0.2) is 4.98 Å². The Morgan fingerprint density at radius 2 is 1.94 bits per heavy atom. The average Bonchev–Trinajstić information content (AvgIpc) is 2.85. The van der Waals surface area contributed by atoms with Gasteiger partial charge < -0.3 is 20.9 Å². The highest BCUT2D eigenvalue weighted by atomic mass is 32.2. The summed E-state index contributed by atoms with van der Waals surface area (Å²) in [5.41, 5.74) is 8.52. The third-order valence-corrected chi connectivity index (χ3v) is 5.62. The molecular weight excluding hydrogens is 440 g/mol. The van der Waals surface area contributed by atoms with Crippen LogP contribution in [0.15, 0.2) is 47.6 Å². The van der Waals surface area contributed by atoms with Crippen molar-refractivity contribution in [2.45, 2.75) is 10.8 Å². The Balaban J connectivity index is 1.98. The standard InChI is InChI=1S/C23H20N6O3S/c1-27-22(31)19-10-14(6-7-28-19)13-33-23-18(12-25)20(17(11-24)21(26)29-23)15-2-4-16(5-3-15)32-9-8-30/h2-7,10,30H,8-9,13H2,1H3,(H2,26,29)(H,27,31). The van der Waals surface area contributed by atoms with Gasteiger partial charge in [0.15, 0.2) is 0 Å². The lowest BCUT2D eigenvalue weighted by atomic mass is 9.97. The molecule has 10 heteroatoms. The van der Waals surface area contributed by atoms with E-state index in [4.69, 9.17) is 15.6 Å². The summed E-state index contributed by atoms with van der Waals surface area (Å²) in [6.45, 7) is 0.0499. The number of nitrogen functional groups attached to an aromatic ring is 1. The van der Waals surface area contributed by atoms with Gasteiger partial charge >= 0.3 is 0 Å². The lowest BCUT2D eigenvalue weighted by Gasteiger charge is -2.14. The van der Waals surface area contributed by atoms with Crippen LogP contribution in [-0.4, -0.2) is 41.2 Å². The number of nitrogens with two attached hydrogens (primary N) is 1. The Morgan fingerprint density at radius 1 is 1.21 bits per heavy atom. The largest absolute Gasteiger partial charge is 0.491 e. The van der Waals surface area contributed by atoms with E-state index in [-0.39, 0.29) is 41.8 Å². The van der Waals surface area contributed by atoms with Gasteiger partial charge in [0, 0.05) is 24.6 Å². The second kappa shape index (κ2) is 11.0. The molecule has 33 heavy (non-hydrogen) atoms. The number of carbonyl (C=O) groups excluding carboxylic acids is 1. The predicted octanol–water partition coefficient (Wildman–Crippen LogP) is 2.49. The number of hydrogen-bond donors (Lipinski definition) is 3. The Kier molecular flexibility index (Phi) is 7.82. The molecule has 0 spiro atoms. The maximum absolute atomic E-state index is 11.8. The first kappa shape index (κ1) is 23.5. The number of hydrogen-bond acceptors (Lipinski definition) is 9. The van der Waals surface area contributed by atoms with Crippen molar-refractivity contribution in [2.24, 2.45) is 0 Å². The van der Waals surface area contributed by atoms with Crippen LogP contribution < -0.4 is 15.8 Å². The number of nitriles is 2. The molecule has 0 saturated heterocycles. The molecule has 9 nitrogen and oxygen atoms in total. The predicted molar refractivity (Wildman–Crippen MR) is 123 cm³/mol. The number of aliphatic hydroxyl groups excluding tert-OH is 1. The third-order valence-electron chi connectivity index (χ3n) is 4.58. The number of benzene rings is 1. The second-order valence-corrected chi connectivity index (χ2v) is 7.63. The van der Waals surface area contributed by atoms with Gasteiger partial charge in [-0.15, -0.1) is 11.8 Å². The topological polar surface area (TPSA) is 158 Å². The number of nitrogens with one attached hydrogen (secondary N) is 1. The summed E-state index contributed by atoms with van der Waals surface area (Å²) in [5, 5.41) is 31.4. The molecule has 2 aromatic heterocycles. The van der Waals surface area contributed by atoms with Gasteiger partial charge in [-0.1, -0.05) is 12.1 Å². The van der Waals surface area contributed by atoms with Crippen LogP contribution in [0.25, 0.3) is 11.1 Å². The van der Waals surface area contributed by atoms with Gasteiger partial charge in [0.05, 0.1) is 12.2 Å². The highest BCUT2D eigenvalue weighted by Gasteiger charge is 2.21. The molecule has 0 radical (unpaired) electrons. The molecule has 3 rings (SSSR count). The van der Waals surface area contributed by atoms with Gasteiger partial charge in [-0.05, 0) is 35.4 Å². The Labute approximate surface area is 194 Å². The van der Waals surface area contributed by atoms with E-state index in [0.717, 1.165) is 5.56 Å². The van der Waals surface area contributed by atoms with E-state index in [9.17, 15) is 15.3 Å². The summed E-state index contributed by atoms with van der Waals surface area (Å²) in [7, 11) is 1.53. The SMILES string of the molecule is CNC(=O)c1cc(CSc2nc(N)c(C#N)c(-c3ccc(OCCO)cc3)c2C#N)ccn1. The molecule has 0 aliphatic rings. The van der Waals surface area contributed by atoms with Crippen molar-refractivity contribution >= 4 is 23.5 Å². The monoisotopic (exact) mass is 460 g/mol. The Bertz CT molecular complexity index is 1250. The van der Waals surface area contributed by atoms with Crippen molar-refractivity contribution in [1.82, 2.24) is 15.3 Å². The summed E-state index contributed by atoms with van der Waals surface area (Å²) in [5.74, 6) is 0.683. The van der Waals surface area contributed by atoms with E-state index in [1.165, 1.54) is 25.0 Å². The highest BCUT2D eigenvalue weighted by molar-refractivity contribution is 7.98. The minimum atomic E-state index is -0.297. The molecule has 0 atom stereocenters. The van der Waals surface area contributed by atoms with E-state index >= 15 is 0 Å². The van der Waals surface area contributed by atoms with Gasteiger partial charge in [-0.2, -0.15) is 10.5 Å². The number of pyridine rings is 2. The molecule has 0 saturated carbocycles. The normalized spacial score (nSPS) is 10.2. The van der Waals surface area contributed by atoms with Crippen molar-refractivity contribution in [3.63, 3.8) is 0 Å². The lowest BCUT2D eigenvalue weighted by Crippen LogP contribution is -2.19. The van der Waals surface area contributed by atoms with Gasteiger partial charge in [0.25, 0.3) is 5.91 Å². The first-order valence-corrected chi connectivity index (χ1v) is 10.8. The molecule has 0 aliphatic carbocycles. The van der Waals surface area contributed by atoms with Crippen LogP contribution in [0.1, 0.15) is 27.2 Å². The molecular formula is C23H20N6O3S. The van der Waals surface area contributed by atoms with E-state index in [1.54, 1.807) is 36.4 Å². The summed E-state index contributed by atoms with van der Waals surface area (Å²) in [6.07, 6.45) is 1.54. The van der Waals surface area contributed by atoms with Crippen molar-refractivity contribution < 1.29 is 14.6 Å². The number of aliphatic hydroxyl groups is 1. The number of ether oxygens (including phenoxy) is 1. The molecule has 1 amide bonds. The van der Waals surface area contributed by atoms with Crippen molar-refractivity contribution in [2.75, 3.05) is 26.0 Å². The zero-order chi connectivity index (χ0) is 23.8. The summed E-state index contributed by atoms with van der Waals surface area (Å²) >= 11 is 1.27. The molecule has 166 valence electrons. The van der Waals surface area contributed by atoms with Crippen LogP contribution in [0.3, 0.4) is 0 Å². The van der Waals surface area contributed by atoms with Crippen LogP contribution in [0, 0.1) is 22.7 Å². The van der Waals surface area contributed by atoms with Crippen molar-refractivity contribution in [1.29, 1.82) is 10.5 Å². The van der Waals surface area contributed by atoms with Crippen LogP contribution in [0.5, 0.6) is 5.75 Å². The molecule has 1 aromatic carbocycles. The van der Waals surface area contributed by atoms with E-state index in [0.29, 0.717) is 27.7 Å². The minimum absolute atomic E-state index is 0.0235. The highest BCUT2D eigenvalue weighted by Crippen LogP contribution is 2.37. The molecule has 4 N–H and O–H groups in total. The zero-order valence-electron chi connectivity index (χ0n) is 17.7. The van der Waals surface area contributed by atoms with Crippen molar-refractivity contribution in [3.8, 4) is 29.0 Å². The summed E-state index contributed by atoms with van der Waals surface area (Å²) in [6, 6.07) is 14.5. The van der Waals surface area contributed by atoms with Gasteiger partial charge in [0.2, 0.25) is 0 Å². The average molecular weight is 461 g/mol. The summed E-state index contributed by atoms with van der Waals surface area (Å²) < 4.78 is 5.37. The number of carbonyl (C=O) groups is 1. The fraction of sp³-hybridized carbons (Fsp3) is 0.174. The Hall–Kier alpha value is -4.12. The number of aromatic nitrogens is 2. The van der Waals surface area contributed by atoms with Gasteiger partial charge in [0.1, 0.15) is 46.6 Å². The Morgan fingerprint density at radius 3 is 2.58 bits per heavy atom. The number of rotatable bonds is 8. The minimum Gasteiger partial charge on any atom is -0.491 e. The first-order chi connectivity index (χ1) is 16.0. The lowest BCUT2D eigenvalue weighted by molar-refractivity contribution is 0.0958. The maximum atomic E-state index is 11.8. The molecule has 2 heterocycles. The first-order valence-electron chi connectivity index (χ1n) is 9.80. The van der Waals surface area contributed by atoms with Crippen LogP contribution in [0.2, 0.25) is 0 Å². The number of anilines is 1. The number of thioether (sulfide) groups is 1. The summed E-state index contributed by atoms with van der Waals surface area (Å²) in [4.78, 5) is 20.2. The van der Waals surface area contributed by atoms with E-state index in [2.05, 4.69) is 21.4 Å². The molecule has 0 fully saturated rings. The molecule has 0 aliphatic heterocycles. The number of nitrogens with zero attached hydrogens (tertiary/aromatic N) is 4. The van der Waals surface area contributed by atoms with Gasteiger partial charge in [-0.3, -0.25) is 9.78 Å². The smallest absolute Gasteiger partial charge is 0.269 e. The zero-order valence-corrected chi connectivity index (χ0v) is 18.5. The molecule has 0 unspecified atom stereocenters. The molecule has 0 bridgehead atoms. The van der Waals surface area contributed by atoms with Crippen LogP contribution >= 0.6 is 11.8 Å². The second-order valence-electron chi connectivity index (χ2n) is 6.66. The van der Waals surface area contributed by atoms with Crippen molar-refractivity contribution in [3.05, 3.63) is 65.0 Å². The van der Waals surface area contributed by atoms with E-state index < -0.39 is 0 Å². The fourth-order valence-electron chi connectivity index (χ4n) is 3.04.